The molecule has 6 atom stereocenters. The number of halogens is 1. The summed E-state index contributed by atoms with van der Waals surface area (Å²) in [6, 6.07) is 22.3. The van der Waals surface area contributed by atoms with Gasteiger partial charge in [-0.2, -0.15) is 5.10 Å². The zero-order valence-corrected chi connectivity index (χ0v) is 32.4. The number of aromatic nitrogens is 2. The molecule has 0 radical (unpaired) electrons. The molecule has 0 spiro atoms. The molecule has 2 aliphatic carbocycles. The van der Waals surface area contributed by atoms with E-state index in [1.807, 2.05) is 68.5 Å². The Morgan fingerprint density at radius 3 is 2.51 bits per heavy atom. The van der Waals surface area contributed by atoms with Gasteiger partial charge in [0.1, 0.15) is 29.6 Å². The molecule has 2 aromatic heterocycles. The first-order valence-corrected chi connectivity index (χ1v) is 19.8. The van der Waals surface area contributed by atoms with E-state index < -0.39 is 40.9 Å². The number of rotatable bonds is 7. The number of carbonyl (C=O) groups excluding carboxylic acids is 4. The Kier molecular flexibility index (Phi) is 8.32. The standard InChI is InChI=1S/C43H39ClN4O6S/c1-5-47-39(50)28-15-14-26-30(36(28)41(47)52)19-31-40(51)48(35-20-32(45-46(35)4)38-22(2)29-17-24(44)11-16-34(29)55-38)42(53)43(31,3)37(26)27-13-12-25(18-33(27)49)54-21-23-9-7-6-8-10-23/h6-14,16-18,20,28,30-31,36-37,49H,5,15,19,21H2,1-4H3. The Balaban J connectivity index is 1.14. The van der Waals surface area contributed by atoms with E-state index in [1.165, 1.54) is 9.80 Å². The Morgan fingerprint density at radius 1 is 0.982 bits per heavy atom. The van der Waals surface area contributed by atoms with Crippen LogP contribution in [0.3, 0.4) is 0 Å². The molecule has 3 aromatic carbocycles. The molecule has 280 valence electrons. The normalized spacial score (nSPS) is 26.1. The number of anilines is 1. The third kappa shape index (κ3) is 5.23. The van der Waals surface area contributed by atoms with E-state index in [0.717, 1.165) is 31.7 Å². The zero-order chi connectivity index (χ0) is 38.5. The number of allylic oxidation sites excluding steroid dienone is 2. The van der Waals surface area contributed by atoms with Gasteiger partial charge in [-0.25, -0.2) is 4.90 Å². The number of nitrogens with zero attached hydrogens (tertiary/aromatic N) is 4. The molecule has 2 saturated heterocycles. The number of hydrogen-bond acceptors (Lipinski definition) is 8. The van der Waals surface area contributed by atoms with Crippen molar-refractivity contribution in [2.75, 3.05) is 11.4 Å². The summed E-state index contributed by atoms with van der Waals surface area (Å²) in [7, 11) is 1.72. The van der Waals surface area contributed by atoms with E-state index >= 15 is 4.79 Å². The summed E-state index contributed by atoms with van der Waals surface area (Å²) in [6.45, 7) is 6.17. The monoisotopic (exact) mass is 774 g/mol. The van der Waals surface area contributed by atoms with Crippen molar-refractivity contribution in [1.29, 1.82) is 0 Å². The highest BCUT2D eigenvalue weighted by atomic mass is 35.5. The Labute approximate surface area is 326 Å². The van der Waals surface area contributed by atoms with E-state index in [2.05, 4.69) is 0 Å². The first kappa shape index (κ1) is 35.4. The number of fused-ring (bicyclic) bond motifs is 5. The summed E-state index contributed by atoms with van der Waals surface area (Å²) in [5.41, 5.74) is 2.53. The Morgan fingerprint density at radius 2 is 1.76 bits per heavy atom. The number of phenols is 1. The first-order valence-electron chi connectivity index (χ1n) is 18.6. The number of imide groups is 2. The average molecular weight is 775 g/mol. The van der Waals surface area contributed by atoms with Gasteiger partial charge in [0.05, 0.1) is 28.0 Å². The molecule has 9 rings (SSSR count). The summed E-state index contributed by atoms with van der Waals surface area (Å²) < 4.78 is 8.64. The van der Waals surface area contributed by atoms with Crippen molar-refractivity contribution in [3.63, 3.8) is 0 Å². The molecule has 6 unspecified atom stereocenters. The second-order valence-corrected chi connectivity index (χ2v) is 16.8. The smallest absolute Gasteiger partial charge is 0.242 e. The second-order valence-electron chi connectivity index (χ2n) is 15.3. The van der Waals surface area contributed by atoms with E-state index in [9.17, 15) is 19.5 Å². The van der Waals surface area contributed by atoms with Gasteiger partial charge in [0.15, 0.2) is 0 Å². The minimum atomic E-state index is -1.33. The van der Waals surface area contributed by atoms with Crippen molar-refractivity contribution in [3.05, 3.63) is 106 Å². The highest BCUT2D eigenvalue weighted by Gasteiger charge is 2.68. The summed E-state index contributed by atoms with van der Waals surface area (Å²) in [5, 5.41) is 18.2. The summed E-state index contributed by atoms with van der Waals surface area (Å²) >= 11 is 7.89. The fourth-order valence-electron chi connectivity index (χ4n) is 9.77. The highest BCUT2D eigenvalue weighted by Crippen LogP contribution is 2.64. The van der Waals surface area contributed by atoms with Crippen molar-refractivity contribution in [1.82, 2.24) is 14.7 Å². The van der Waals surface area contributed by atoms with Crippen LogP contribution in [0.25, 0.3) is 20.7 Å². The van der Waals surface area contributed by atoms with E-state index in [-0.39, 0.29) is 36.4 Å². The van der Waals surface area contributed by atoms with Crippen LogP contribution in [0.4, 0.5) is 5.82 Å². The van der Waals surface area contributed by atoms with Crippen LogP contribution >= 0.6 is 22.9 Å². The third-order valence-corrected chi connectivity index (χ3v) is 14.0. The lowest BCUT2D eigenvalue weighted by molar-refractivity contribution is -0.140. The van der Waals surface area contributed by atoms with Gasteiger partial charge in [0.25, 0.3) is 0 Å². The number of aryl methyl sites for hydroxylation is 2. The molecular weight excluding hydrogens is 736 g/mol. The number of aromatic hydroxyl groups is 1. The molecule has 3 fully saturated rings. The van der Waals surface area contributed by atoms with E-state index in [4.69, 9.17) is 21.4 Å². The van der Waals surface area contributed by atoms with Gasteiger partial charge in [0.2, 0.25) is 23.6 Å². The van der Waals surface area contributed by atoms with Crippen molar-refractivity contribution in [3.8, 4) is 22.1 Å². The Bertz CT molecular complexity index is 2490. The SMILES string of the molecule is CCN1C(=O)C2CC=C3C(CC4C(=O)N(c5cc(-c6sc7ccc(Cl)cc7c6C)nn5C)C(=O)C4(C)C3c3ccc(OCc4ccccc4)cc3O)C2C1=O. The van der Waals surface area contributed by atoms with Gasteiger partial charge in [-0.1, -0.05) is 59.6 Å². The van der Waals surface area contributed by atoms with Gasteiger partial charge in [0, 0.05) is 46.9 Å². The molecule has 12 heteroatoms. The largest absolute Gasteiger partial charge is 0.508 e. The number of carbonyl (C=O) groups is 4. The highest BCUT2D eigenvalue weighted by molar-refractivity contribution is 7.22. The van der Waals surface area contributed by atoms with E-state index in [0.29, 0.717) is 40.9 Å². The number of benzene rings is 3. The maximum atomic E-state index is 15.1. The molecule has 0 bridgehead atoms. The van der Waals surface area contributed by atoms with E-state index in [1.54, 1.807) is 54.3 Å². The number of hydrogen-bond donors (Lipinski definition) is 1. The maximum Gasteiger partial charge on any atom is 0.242 e. The van der Waals surface area contributed by atoms with Crippen LogP contribution in [0, 0.1) is 36.0 Å². The fourth-order valence-corrected chi connectivity index (χ4v) is 11.1. The minimum absolute atomic E-state index is 0.0786. The number of amides is 4. The zero-order valence-electron chi connectivity index (χ0n) is 30.8. The van der Waals surface area contributed by atoms with Gasteiger partial charge < -0.3 is 9.84 Å². The lowest BCUT2D eigenvalue weighted by Gasteiger charge is -2.49. The van der Waals surface area contributed by atoms with Gasteiger partial charge in [-0.15, -0.1) is 11.3 Å². The second kappa shape index (κ2) is 12.9. The minimum Gasteiger partial charge on any atom is -0.508 e. The van der Waals surface area contributed by atoms with Crippen molar-refractivity contribution >= 4 is 62.5 Å². The van der Waals surface area contributed by atoms with Crippen molar-refractivity contribution in [2.45, 2.75) is 46.1 Å². The Hall–Kier alpha value is -5.26. The molecule has 1 N–H and O–H groups in total. The van der Waals surface area contributed by atoms with Gasteiger partial charge in [-0.05, 0) is 80.3 Å². The van der Waals surface area contributed by atoms with Crippen LogP contribution in [0.2, 0.25) is 5.02 Å². The topological polar surface area (TPSA) is 122 Å². The molecule has 5 aromatic rings. The number of phenolic OH excluding ortho intramolecular Hbond substituents is 1. The molecule has 4 aliphatic rings. The summed E-state index contributed by atoms with van der Waals surface area (Å²) in [6.07, 6.45) is 2.54. The van der Waals surface area contributed by atoms with Crippen molar-refractivity contribution < 1.29 is 29.0 Å². The molecule has 4 heterocycles. The molecule has 1 saturated carbocycles. The predicted octanol–water partition coefficient (Wildman–Crippen LogP) is 7.80. The van der Waals surface area contributed by atoms with Crippen LogP contribution in [0.5, 0.6) is 11.5 Å². The molecule has 10 nitrogen and oxygen atoms in total. The average Bonchev–Trinajstić information content (AvgIpc) is 3.84. The number of thiophene rings is 1. The summed E-state index contributed by atoms with van der Waals surface area (Å²) in [4.78, 5) is 60.8. The van der Waals surface area contributed by atoms with Crippen LogP contribution < -0.4 is 9.64 Å². The predicted molar refractivity (Wildman–Crippen MR) is 210 cm³/mol. The summed E-state index contributed by atoms with van der Waals surface area (Å²) in [5.74, 6) is -3.80. The first-order chi connectivity index (χ1) is 26.4. The fraction of sp³-hybridized carbons (Fsp3) is 0.326. The molecule has 2 aliphatic heterocycles. The van der Waals surface area contributed by atoms with Crippen LogP contribution in [-0.4, -0.2) is 50.0 Å². The lowest BCUT2D eigenvalue weighted by Crippen LogP contribution is -2.49. The maximum absolute atomic E-state index is 15.1. The van der Waals surface area contributed by atoms with Crippen LogP contribution in [0.15, 0.2) is 84.4 Å². The number of likely N-dealkylation sites (tertiary alicyclic amines) is 1. The lowest BCUT2D eigenvalue weighted by atomic mass is 9.51. The molecular formula is C43H39ClN4O6S. The van der Waals surface area contributed by atoms with Crippen LogP contribution in [-0.2, 0) is 32.8 Å². The van der Waals surface area contributed by atoms with Gasteiger partial charge >= 0.3 is 0 Å². The molecule has 4 amide bonds. The van der Waals surface area contributed by atoms with Crippen molar-refractivity contribution in [2.24, 2.45) is 36.1 Å². The quantitative estimate of drug-likeness (QED) is 0.132. The van der Waals surface area contributed by atoms with Crippen LogP contribution in [0.1, 0.15) is 49.3 Å². The van der Waals surface area contributed by atoms with Gasteiger partial charge in [-0.3, -0.25) is 28.8 Å². The number of ether oxygens (including phenoxy) is 1. The third-order valence-electron chi connectivity index (χ3n) is 12.5. The molecule has 55 heavy (non-hydrogen) atoms.